The third kappa shape index (κ3) is 5.54. The Morgan fingerprint density at radius 1 is 1.17 bits per heavy atom. The second-order valence-electron chi connectivity index (χ2n) is 8.12. The molecule has 2 aromatic rings. The van der Waals surface area contributed by atoms with Gasteiger partial charge in [0.1, 0.15) is 5.75 Å². The Balaban J connectivity index is 1.64. The van der Waals surface area contributed by atoms with E-state index in [4.69, 9.17) is 16.3 Å². The van der Waals surface area contributed by atoms with Gasteiger partial charge < -0.3 is 14.5 Å². The fourth-order valence-electron chi connectivity index (χ4n) is 3.83. The Bertz CT molecular complexity index is 882. The summed E-state index contributed by atoms with van der Waals surface area (Å²) in [5, 5.41) is 0.609. The Hall–Kier alpha value is -2.53. The highest BCUT2D eigenvalue weighted by atomic mass is 35.5. The molecule has 30 heavy (non-hydrogen) atoms. The molecule has 160 valence electrons. The van der Waals surface area contributed by atoms with Crippen molar-refractivity contribution >= 4 is 23.4 Å². The highest BCUT2D eigenvalue weighted by molar-refractivity contribution is 6.30. The van der Waals surface area contributed by atoms with Gasteiger partial charge in [-0.3, -0.25) is 9.59 Å². The molecular weight excluding hydrogens is 400 g/mol. The van der Waals surface area contributed by atoms with Crippen molar-refractivity contribution in [2.24, 2.45) is 5.92 Å². The summed E-state index contributed by atoms with van der Waals surface area (Å²) in [5.74, 6) is 0.594. The lowest BCUT2D eigenvalue weighted by atomic mass is 9.93. The van der Waals surface area contributed by atoms with E-state index in [0.717, 1.165) is 6.42 Å². The van der Waals surface area contributed by atoms with Crippen LogP contribution in [0.4, 0.5) is 0 Å². The Morgan fingerprint density at radius 2 is 1.87 bits per heavy atom. The summed E-state index contributed by atoms with van der Waals surface area (Å²) in [7, 11) is 0. The first kappa shape index (κ1) is 22.2. The summed E-state index contributed by atoms with van der Waals surface area (Å²) in [6, 6.07) is 15.1. The zero-order valence-electron chi connectivity index (χ0n) is 17.8. The lowest BCUT2D eigenvalue weighted by Crippen LogP contribution is -2.48. The van der Waals surface area contributed by atoms with Crippen LogP contribution in [-0.4, -0.2) is 47.9 Å². The number of carbonyl (C=O) groups is 2. The smallest absolute Gasteiger partial charge is 0.260 e. The van der Waals surface area contributed by atoms with Gasteiger partial charge in [-0.15, -0.1) is 0 Å². The van der Waals surface area contributed by atoms with Crippen LogP contribution in [0.5, 0.6) is 5.75 Å². The van der Waals surface area contributed by atoms with Crippen molar-refractivity contribution in [2.45, 2.75) is 33.2 Å². The van der Waals surface area contributed by atoms with Crippen molar-refractivity contribution in [1.82, 2.24) is 9.80 Å². The van der Waals surface area contributed by atoms with Gasteiger partial charge in [0.25, 0.3) is 5.91 Å². The normalized spacial score (nSPS) is 15.6. The molecule has 0 aliphatic carbocycles. The van der Waals surface area contributed by atoms with Crippen molar-refractivity contribution < 1.29 is 14.3 Å². The van der Waals surface area contributed by atoms with Crippen LogP contribution >= 0.6 is 11.6 Å². The molecular formula is C24H29ClN2O3. The molecule has 0 bridgehead atoms. The molecule has 5 nitrogen and oxygen atoms in total. The number of amides is 2. The van der Waals surface area contributed by atoms with E-state index in [-0.39, 0.29) is 36.9 Å². The molecule has 0 aromatic heterocycles. The summed E-state index contributed by atoms with van der Waals surface area (Å²) in [6.45, 7) is 7.24. The maximum Gasteiger partial charge on any atom is 0.260 e. The summed E-state index contributed by atoms with van der Waals surface area (Å²) >= 11 is 5.88. The average Bonchev–Trinajstić information content (AvgIpc) is 2.72. The van der Waals surface area contributed by atoms with Crippen LogP contribution in [0.2, 0.25) is 5.02 Å². The number of hydrogen-bond acceptors (Lipinski definition) is 3. The molecule has 1 aliphatic heterocycles. The largest absolute Gasteiger partial charge is 0.484 e. The van der Waals surface area contributed by atoms with E-state index in [1.54, 1.807) is 29.2 Å². The molecule has 1 atom stereocenters. The van der Waals surface area contributed by atoms with Crippen LogP contribution in [0.1, 0.15) is 37.9 Å². The summed E-state index contributed by atoms with van der Waals surface area (Å²) in [6.07, 6.45) is 0.837. The molecule has 0 N–H and O–H groups in total. The molecule has 6 heteroatoms. The summed E-state index contributed by atoms with van der Waals surface area (Å²) < 4.78 is 5.61. The van der Waals surface area contributed by atoms with Gasteiger partial charge in [0.15, 0.2) is 6.61 Å². The maximum absolute atomic E-state index is 13.1. The van der Waals surface area contributed by atoms with E-state index in [0.29, 0.717) is 23.9 Å². The SMILES string of the molecule is CC(C)CN(CC(=O)N1CCc2ccccc2C1C)C(=O)COc1ccc(Cl)cc1. The van der Waals surface area contributed by atoms with Crippen molar-refractivity contribution in [3.63, 3.8) is 0 Å². The van der Waals surface area contributed by atoms with Gasteiger partial charge in [-0.2, -0.15) is 0 Å². The number of carbonyl (C=O) groups excluding carboxylic acids is 2. The minimum Gasteiger partial charge on any atom is -0.484 e. The molecule has 0 saturated carbocycles. The predicted octanol–water partition coefficient (Wildman–Crippen LogP) is 4.35. The highest BCUT2D eigenvalue weighted by Gasteiger charge is 2.29. The van der Waals surface area contributed by atoms with Crippen LogP contribution in [0.25, 0.3) is 0 Å². The van der Waals surface area contributed by atoms with Crippen molar-refractivity contribution in [1.29, 1.82) is 0 Å². The molecule has 1 heterocycles. The van der Waals surface area contributed by atoms with Gasteiger partial charge in [0.2, 0.25) is 5.91 Å². The summed E-state index contributed by atoms with van der Waals surface area (Å²) in [5.41, 5.74) is 2.48. The first-order chi connectivity index (χ1) is 14.3. The van der Waals surface area contributed by atoms with E-state index in [1.165, 1.54) is 11.1 Å². The summed E-state index contributed by atoms with van der Waals surface area (Å²) in [4.78, 5) is 29.4. The topological polar surface area (TPSA) is 49.9 Å². The van der Waals surface area contributed by atoms with E-state index in [1.807, 2.05) is 37.8 Å². The first-order valence-corrected chi connectivity index (χ1v) is 10.8. The van der Waals surface area contributed by atoms with E-state index in [9.17, 15) is 9.59 Å². The Labute approximate surface area is 183 Å². The zero-order valence-corrected chi connectivity index (χ0v) is 18.6. The molecule has 0 fully saturated rings. The van der Waals surface area contributed by atoms with Crippen LogP contribution in [0.3, 0.4) is 0 Å². The van der Waals surface area contributed by atoms with Crippen LogP contribution in [0, 0.1) is 5.92 Å². The van der Waals surface area contributed by atoms with Crippen molar-refractivity contribution in [3.8, 4) is 5.75 Å². The van der Waals surface area contributed by atoms with Gasteiger partial charge in [0, 0.05) is 18.1 Å². The molecule has 1 unspecified atom stereocenters. The minimum atomic E-state index is -0.197. The van der Waals surface area contributed by atoms with Crippen molar-refractivity contribution in [3.05, 3.63) is 64.7 Å². The molecule has 1 aliphatic rings. The maximum atomic E-state index is 13.1. The molecule has 0 saturated heterocycles. The lowest BCUT2D eigenvalue weighted by Gasteiger charge is -2.37. The van der Waals surface area contributed by atoms with Crippen LogP contribution in [0.15, 0.2) is 48.5 Å². The van der Waals surface area contributed by atoms with E-state index < -0.39 is 0 Å². The van der Waals surface area contributed by atoms with Gasteiger partial charge in [-0.1, -0.05) is 49.7 Å². The average molecular weight is 429 g/mol. The zero-order chi connectivity index (χ0) is 21.7. The Morgan fingerprint density at radius 3 is 2.57 bits per heavy atom. The lowest BCUT2D eigenvalue weighted by molar-refractivity contribution is -0.143. The highest BCUT2D eigenvalue weighted by Crippen LogP contribution is 2.29. The number of nitrogens with zero attached hydrogens (tertiary/aromatic N) is 2. The number of halogens is 1. The standard InChI is InChI=1S/C24H29ClN2O3/c1-17(2)14-26(24(29)16-30-21-10-8-20(25)9-11-21)15-23(28)27-13-12-19-6-4-5-7-22(19)18(27)3/h4-11,17-18H,12-16H2,1-3H3. The van der Waals surface area contributed by atoms with Crippen LogP contribution < -0.4 is 4.74 Å². The number of ether oxygens (including phenoxy) is 1. The number of fused-ring (bicyclic) bond motifs is 1. The minimum absolute atomic E-state index is 0.00349. The van der Waals surface area contributed by atoms with E-state index >= 15 is 0 Å². The fourth-order valence-corrected chi connectivity index (χ4v) is 3.96. The Kier molecular flexibility index (Phi) is 7.38. The van der Waals surface area contributed by atoms with Gasteiger partial charge in [-0.25, -0.2) is 0 Å². The van der Waals surface area contributed by atoms with Crippen molar-refractivity contribution in [2.75, 3.05) is 26.2 Å². The van der Waals surface area contributed by atoms with Gasteiger partial charge in [-0.05, 0) is 54.7 Å². The molecule has 0 spiro atoms. The molecule has 3 rings (SSSR count). The quantitative estimate of drug-likeness (QED) is 0.658. The van der Waals surface area contributed by atoms with Gasteiger partial charge in [0.05, 0.1) is 12.6 Å². The van der Waals surface area contributed by atoms with E-state index in [2.05, 4.69) is 12.1 Å². The number of benzene rings is 2. The second kappa shape index (κ2) is 9.98. The third-order valence-electron chi connectivity index (χ3n) is 5.36. The third-order valence-corrected chi connectivity index (χ3v) is 5.61. The first-order valence-electron chi connectivity index (χ1n) is 10.4. The predicted molar refractivity (Wildman–Crippen MR) is 119 cm³/mol. The molecule has 2 aromatic carbocycles. The second-order valence-corrected chi connectivity index (χ2v) is 8.56. The van der Waals surface area contributed by atoms with Gasteiger partial charge >= 0.3 is 0 Å². The number of hydrogen-bond donors (Lipinski definition) is 0. The number of rotatable bonds is 7. The monoisotopic (exact) mass is 428 g/mol. The van der Waals surface area contributed by atoms with Crippen LogP contribution in [-0.2, 0) is 16.0 Å². The molecule has 2 amide bonds. The fraction of sp³-hybridized carbons (Fsp3) is 0.417. The molecule has 0 radical (unpaired) electrons.